The van der Waals surface area contributed by atoms with E-state index in [-0.39, 0.29) is 23.8 Å². The molecule has 0 bridgehead atoms. The molecule has 0 radical (unpaired) electrons. The number of carbonyl (C=O) groups is 3. The van der Waals surface area contributed by atoms with Crippen LogP contribution in [0.4, 0.5) is 0 Å². The molecule has 0 saturated carbocycles. The lowest BCUT2D eigenvalue weighted by Gasteiger charge is -2.33. The molecule has 1 aliphatic heterocycles. The van der Waals surface area contributed by atoms with E-state index in [1.807, 2.05) is 67.3 Å². The van der Waals surface area contributed by atoms with Crippen LogP contribution in [0.25, 0.3) is 0 Å². The summed E-state index contributed by atoms with van der Waals surface area (Å²) in [5.41, 5.74) is 3.94. The van der Waals surface area contributed by atoms with Crippen LogP contribution < -0.4 is 10.6 Å². The van der Waals surface area contributed by atoms with Gasteiger partial charge in [0.2, 0.25) is 11.8 Å². The molecule has 6 heteroatoms. The van der Waals surface area contributed by atoms with Crippen molar-refractivity contribution in [3.05, 3.63) is 70.8 Å². The third-order valence-corrected chi connectivity index (χ3v) is 5.81. The predicted octanol–water partition coefficient (Wildman–Crippen LogP) is 2.77. The largest absolute Gasteiger partial charge is 0.351 e. The third-order valence-electron chi connectivity index (χ3n) is 5.81. The highest BCUT2D eigenvalue weighted by atomic mass is 16.2. The number of amides is 3. The lowest BCUT2D eigenvalue weighted by atomic mass is 9.99. The number of hydrogen-bond donors (Lipinski definition) is 2. The van der Waals surface area contributed by atoms with Crippen molar-refractivity contribution in [1.29, 1.82) is 0 Å². The van der Waals surface area contributed by atoms with E-state index in [0.29, 0.717) is 37.9 Å². The Morgan fingerprint density at radius 3 is 2.26 bits per heavy atom. The summed E-state index contributed by atoms with van der Waals surface area (Å²) in [5.74, 6) is -0.380. The monoisotopic (exact) mass is 421 g/mol. The summed E-state index contributed by atoms with van der Waals surface area (Å²) < 4.78 is 0. The molecular formula is C25H31N3O3. The summed E-state index contributed by atoms with van der Waals surface area (Å²) in [6, 6.07) is 14.8. The van der Waals surface area contributed by atoms with Crippen molar-refractivity contribution in [2.45, 2.75) is 52.1 Å². The van der Waals surface area contributed by atoms with E-state index in [2.05, 4.69) is 10.6 Å². The van der Waals surface area contributed by atoms with Crippen molar-refractivity contribution in [3.63, 3.8) is 0 Å². The molecule has 0 spiro atoms. The van der Waals surface area contributed by atoms with Gasteiger partial charge in [0.05, 0.1) is 0 Å². The molecule has 1 saturated heterocycles. The molecule has 2 aromatic rings. The average molecular weight is 422 g/mol. The second kappa shape index (κ2) is 10.2. The molecule has 2 N–H and O–H groups in total. The number of benzene rings is 2. The van der Waals surface area contributed by atoms with Crippen LogP contribution in [0, 0.1) is 13.8 Å². The van der Waals surface area contributed by atoms with Gasteiger partial charge in [-0.3, -0.25) is 14.4 Å². The van der Waals surface area contributed by atoms with Gasteiger partial charge in [-0.2, -0.15) is 0 Å². The van der Waals surface area contributed by atoms with E-state index < -0.39 is 6.04 Å². The van der Waals surface area contributed by atoms with Crippen LogP contribution in [0.3, 0.4) is 0 Å². The average Bonchev–Trinajstić information content (AvgIpc) is 2.75. The molecule has 1 heterocycles. The zero-order valence-corrected chi connectivity index (χ0v) is 18.5. The maximum atomic E-state index is 12.9. The Morgan fingerprint density at radius 2 is 1.65 bits per heavy atom. The maximum absolute atomic E-state index is 12.9. The van der Waals surface area contributed by atoms with Gasteiger partial charge in [0.1, 0.15) is 6.04 Å². The molecule has 1 aliphatic rings. The highest BCUT2D eigenvalue weighted by molar-refractivity contribution is 5.94. The van der Waals surface area contributed by atoms with Crippen molar-refractivity contribution >= 4 is 17.7 Å². The molecule has 3 rings (SSSR count). The number of nitrogens with zero attached hydrogens (tertiary/aromatic N) is 1. The summed E-state index contributed by atoms with van der Waals surface area (Å²) in [6.07, 6.45) is 1.84. The minimum atomic E-state index is -0.620. The first-order valence-corrected chi connectivity index (χ1v) is 10.8. The minimum Gasteiger partial charge on any atom is -0.351 e. The van der Waals surface area contributed by atoms with Crippen LogP contribution in [0.5, 0.6) is 0 Å². The zero-order chi connectivity index (χ0) is 22.4. The summed E-state index contributed by atoms with van der Waals surface area (Å²) in [5, 5.41) is 5.86. The van der Waals surface area contributed by atoms with Crippen molar-refractivity contribution in [2.24, 2.45) is 0 Å². The fourth-order valence-electron chi connectivity index (χ4n) is 3.92. The predicted molar refractivity (Wildman–Crippen MR) is 121 cm³/mol. The quantitative estimate of drug-likeness (QED) is 0.753. The summed E-state index contributed by atoms with van der Waals surface area (Å²) in [6.45, 7) is 6.61. The van der Waals surface area contributed by atoms with Crippen LogP contribution in [0.1, 0.15) is 46.8 Å². The maximum Gasteiger partial charge on any atom is 0.253 e. The number of piperidine rings is 1. The van der Waals surface area contributed by atoms with Gasteiger partial charge in [0.15, 0.2) is 0 Å². The van der Waals surface area contributed by atoms with Crippen molar-refractivity contribution in [3.8, 4) is 0 Å². The van der Waals surface area contributed by atoms with E-state index in [9.17, 15) is 14.4 Å². The van der Waals surface area contributed by atoms with Crippen LogP contribution in [0.15, 0.2) is 48.5 Å². The number of carbonyl (C=O) groups excluding carboxylic acids is 3. The summed E-state index contributed by atoms with van der Waals surface area (Å²) in [7, 11) is 0. The Balaban J connectivity index is 1.56. The molecule has 6 nitrogen and oxygen atoms in total. The number of likely N-dealkylation sites (tertiary alicyclic amines) is 1. The van der Waals surface area contributed by atoms with Crippen molar-refractivity contribution in [2.75, 3.05) is 13.1 Å². The first-order valence-electron chi connectivity index (χ1n) is 10.8. The number of hydrogen-bond acceptors (Lipinski definition) is 3. The normalized spacial score (nSPS) is 15.3. The van der Waals surface area contributed by atoms with Crippen LogP contribution >= 0.6 is 0 Å². The lowest BCUT2D eigenvalue weighted by Crippen LogP contribution is -2.53. The lowest BCUT2D eigenvalue weighted by molar-refractivity contribution is -0.128. The smallest absolute Gasteiger partial charge is 0.253 e. The van der Waals surface area contributed by atoms with Gasteiger partial charge in [0, 0.05) is 38.0 Å². The van der Waals surface area contributed by atoms with Crippen LogP contribution in [0.2, 0.25) is 0 Å². The van der Waals surface area contributed by atoms with Gasteiger partial charge in [0.25, 0.3) is 5.91 Å². The van der Waals surface area contributed by atoms with Crippen LogP contribution in [-0.2, 0) is 16.0 Å². The van der Waals surface area contributed by atoms with E-state index in [1.165, 1.54) is 6.92 Å². The van der Waals surface area contributed by atoms with Crippen molar-refractivity contribution < 1.29 is 14.4 Å². The van der Waals surface area contributed by atoms with Gasteiger partial charge < -0.3 is 15.5 Å². The first-order chi connectivity index (χ1) is 14.8. The highest BCUT2D eigenvalue weighted by Crippen LogP contribution is 2.16. The zero-order valence-electron chi connectivity index (χ0n) is 18.5. The van der Waals surface area contributed by atoms with Gasteiger partial charge in [-0.1, -0.05) is 42.0 Å². The van der Waals surface area contributed by atoms with Crippen molar-refractivity contribution in [1.82, 2.24) is 15.5 Å². The Hall–Kier alpha value is -3.15. The van der Waals surface area contributed by atoms with Gasteiger partial charge in [-0.25, -0.2) is 0 Å². The molecule has 0 aliphatic carbocycles. The second-order valence-electron chi connectivity index (χ2n) is 8.32. The number of rotatable bonds is 6. The van der Waals surface area contributed by atoms with Gasteiger partial charge >= 0.3 is 0 Å². The topological polar surface area (TPSA) is 78.5 Å². The molecule has 2 aromatic carbocycles. The minimum absolute atomic E-state index is 0.0114. The highest BCUT2D eigenvalue weighted by Gasteiger charge is 2.27. The molecule has 0 unspecified atom stereocenters. The second-order valence-corrected chi connectivity index (χ2v) is 8.32. The Morgan fingerprint density at radius 1 is 1.00 bits per heavy atom. The third kappa shape index (κ3) is 6.17. The number of nitrogens with one attached hydrogen (secondary N) is 2. The van der Waals surface area contributed by atoms with E-state index >= 15 is 0 Å². The first kappa shape index (κ1) is 22.5. The molecule has 1 atom stereocenters. The molecule has 0 aromatic heterocycles. The Labute approximate surface area is 184 Å². The standard InChI is InChI=1S/C25H31N3O3/c1-17-8-10-20(11-9-17)25(31)28-14-12-22(13-15-28)27-24(30)23(26-19(3)29)16-21-7-5-4-6-18(21)2/h4-11,22-23H,12-16H2,1-3H3,(H,26,29)(H,27,30)/t23-/m1/s1. The Bertz CT molecular complexity index is 931. The van der Waals surface area contributed by atoms with Gasteiger partial charge in [-0.05, 0) is 49.9 Å². The molecule has 3 amide bonds. The van der Waals surface area contributed by atoms with E-state index in [4.69, 9.17) is 0 Å². The molecule has 1 fully saturated rings. The fourth-order valence-corrected chi connectivity index (χ4v) is 3.92. The summed E-state index contributed by atoms with van der Waals surface area (Å²) >= 11 is 0. The fraction of sp³-hybridized carbons (Fsp3) is 0.400. The number of aryl methyl sites for hydroxylation is 2. The molecule has 31 heavy (non-hydrogen) atoms. The summed E-state index contributed by atoms with van der Waals surface area (Å²) in [4.78, 5) is 39.1. The van der Waals surface area contributed by atoms with Crippen LogP contribution in [-0.4, -0.2) is 47.8 Å². The van der Waals surface area contributed by atoms with E-state index in [0.717, 1.165) is 16.7 Å². The SMILES string of the molecule is CC(=O)N[C@H](Cc1ccccc1C)C(=O)NC1CCN(C(=O)c2ccc(C)cc2)CC1. The Kier molecular flexibility index (Phi) is 7.45. The van der Waals surface area contributed by atoms with Gasteiger partial charge in [-0.15, -0.1) is 0 Å². The van der Waals surface area contributed by atoms with E-state index in [1.54, 1.807) is 0 Å². The molecular weight excluding hydrogens is 390 g/mol. The molecule has 164 valence electrons.